The third-order valence-electron chi connectivity index (χ3n) is 4.04. The predicted octanol–water partition coefficient (Wildman–Crippen LogP) is 0.400. The molecule has 3 amide bonds. The van der Waals surface area contributed by atoms with Crippen LogP contribution in [0.3, 0.4) is 0 Å². The molecule has 3 rings (SSSR count). The Balaban J connectivity index is 1.50. The zero-order chi connectivity index (χ0) is 16.9. The number of fused-ring (bicyclic) bond motifs is 1. The number of rotatable bonds is 3. The number of nitrogens with one attached hydrogen (secondary N) is 3. The summed E-state index contributed by atoms with van der Waals surface area (Å²) in [5, 5.41) is 8.25. The van der Waals surface area contributed by atoms with Gasteiger partial charge in [-0.05, 0) is 19.1 Å². The van der Waals surface area contributed by atoms with E-state index in [0.29, 0.717) is 30.4 Å². The van der Waals surface area contributed by atoms with E-state index >= 15 is 0 Å². The molecule has 2 aliphatic heterocycles. The molecule has 0 spiro atoms. The van der Waals surface area contributed by atoms with Gasteiger partial charge in [0.05, 0.1) is 6.54 Å². The van der Waals surface area contributed by atoms with Crippen LogP contribution in [-0.4, -0.2) is 62.3 Å². The van der Waals surface area contributed by atoms with E-state index in [1.54, 1.807) is 18.2 Å². The molecule has 1 atom stereocenters. The SMILES string of the molecule is C[C@@H]1CNCCN1CC(=O)NC(=O)Nc1ccc2c(c1)OCCO2. The van der Waals surface area contributed by atoms with Crippen LogP contribution < -0.4 is 25.4 Å². The molecule has 0 radical (unpaired) electrons. The first-order valence-corrected chi connectivity index (χ1v) is 8.07. The monoisotopic (exact) mass is 334 g/mol. The van der Waals surface area contributed by atoms with E-state index in [-0.39, 0.29) is 18.5 Å². The fourth-order valence-electron chi connectivity index (χ4n) is 2.75. The van der Waals surface area contributed by atoms with Crippen molar-refractivity contribution in [3.8, 4) is 11.5 Å². The van der Waals surface area contributed by atoms with Gasteiger partial charge in [-0.2, -0.15) is 0 Å². The molecule has 130 valence electrons. The smallest absolute Gasteiger partial charge is 0.325 e. The molecule has 0 bridgehead atoms. The predicted molar refractivity (Wildman–Crippen MR) is 88.5 cm³/mol. The number of urea groups is 1. The zero-order valence-corrected chi connectivity index (χ0v) is 13.6. The Kier molecular flexibility index (Phi) is 5.17. The molecule has 1 fully saturated rings. The van der Waals surface area contributed by atoms with Gasteiger partial charge in [-0.1, -0.05) is 0 Å². The lowest BCUT2D eigenvalue weighted by Crippen LogP contribution is -2.53. The molecule has 24 heavy (non-hydrogen) atoms. The fourth-order valence-corrected chi connectivity index (χ4v) is 2.75. The van der Waals surface area contributed by atoms with Crippen LogP contribution in [-0.2, 0) is 4.79 Å². The minimum atomic E-state index is -0.556. The van der Waals surface area contributed by atoms with E-state index in [0.717, 1.165) is 19.6 Å². The van der Waals surface area contributed by atoms with Crippen LogP contribution in [0.15, 0.2) is 18.2 Å². The second-order valence-corrected chi connectivity index (χ2v) is 5.88. The molecule has 0 aromatic heterocycles. The summed E-state index contributed by atoms with van der Waals surface area (Å²) in [7, 11) is 0. The van der Waals surface area contributed by atoms with Gasteiger partial charge in [0.1, 0.15) is 13.2 Å². The quantitative estimate of drug-likeness (QED) is 0.741. The first-order valence-electron chi connectivity index (χ1n) is 8.07. The first kappa shape index (κ1) is 16.5. The van der Waals surface area contributed by atoms with Crippen molar-refractivity contribution in [3.63, 3.8) is 0 Å². The van der Waals surface area contributed by atoms with Crippen LogP contribution in [0.4, 0.5) is 10.5 Å². The van der Waals surface area contributed by atoms with Gasteiger partial charge in [0.15, 0.2) is 11.5 Å². The minimum Gasteiger partial charge on any atom is -0.486 e. The van der Waals surface area contributed by atoms with Crippen molar-refractivity contribution >= 4 is 17.6 Å². The van der Waals surface area contributed by atoms with Crippen molar-refractivity contribution in [2.75, 3.05) is 44.7 Å². The molecular formula is C16H22N4O4. The number of ether oxygens (including phenoxy) is 2. The van der Waals surface area contributed by atoms with Gasteiger partial charge in [0, 0.05) is 37.4 Å². The lowest BCUT2D eigenvalue weighted by molar-refractivity contribution is -0.121. The second-order valence-electron chi connectivity index (χ2n) is 5.88. The number of anilines is 1. The third kappa shape index (κ3) is 4.15. The highest BCUT2D eigenvalue weighted by Crippen LogP contribution is 2.32. The van der Waals surface area contributed by atoms with Crippen LogP contribution in [0.2, 0.25) is 0 Å². The molecule has 2 heterocycles. The minimum absolute atomic E-state index is 0.206. The summed E-state index contributed by atoms with van der Waals surface area (Å²) in [6.07, 6.45) is 0. The summed E-state index contributed by atoms with van der Waals surface area (Å²) >= 11 is 0. The number of carbonyl (C=O) groups excluding carboxylic acids is 2. The van der Waals surface area contributed by atoms with Gasteiger partial charge in [-0.3, -0.25) is 15.0 Å². The van der Waals surface area contributed by atoms with Crippen molar-refractivity contribution in [1.82, 2.24) is 15.5 Å². The van der Waals surface area contributed by atoms with Crippen molar-refractivity contribution < 1.29 is 19.1 Å². The largest absolute Gasteiger partial charge is 0.486 e. The molecule has 1 aromatic rings. The van der Waals surface area contributed by atoms with Crippen LogP contribution in [0, 0.1) is 0 Å². The van der Waals surface area contributed by atoms with Crippen LogP contribution in [0.25, 0.3) is 0 Å². The van der Waals surface area contributed by atoms with Crippen molar-refractivity contribution in [2.45, 2.75) is 13.0 Å². The number of nitrogens with zero attached hydrogens (tertiary/aromatic N) is 1. The van der Waals surface area contributed by atoms with Gasteiger partial charge >= 0.3 is 6.03 Å². The molecule has 8 nitrogen and oxygen atoms in total. The topological polar surface area (TPSA) is 91.9 Å². The Labute approximate surface area is 140 Å². The molecule has 2 aliphatic rings. The molecule has 1 saturated heterocycles. The zero-order valence-electron chi connectivity index (χ0n) is 13.6. The highest BCUT2D eigenvalue weighted by atomic mass is 16.6. The number of hydrogen-bond donors (Lipinski definition) is 3. The van der Waals surface area contributed by atoms with E-state index in [4.69, 9.17) is 9.47 Å². The lowest BCUT2D eigenvalue weighted by Gasteiger charge is -2.33. The maximum absolute atomic E-state index is 12.0. The normalized spacial score (nSPS) is 20.3. The Morgan fingerprint density at radius 3 is 2.88 bits per heavy atom. The number of amides is 3. The van der Waals surface area contributed by atoms with Gasteiger partial charge < -0.3 is 20.1 Å². The Bertz CT molecular complexity index is 622. The molecule has 0 aliphatic carbocycles. The second kappa shape index (κ2) is 7.50. The average Bonchev–Trinajstić information content (AvgIpc) is 2.56. The number of piperazine rings is 1. The van der Waals surface area contributed by atoms with E-state index in [1.807, 2.05) is 4.90 Å². The summed E-state index contributed by atoms with van der Waals surface area (Å²) in [4.78, 5) is 26.0. The van der Waals surface area contributed by atoms with Crippen LogP contribution in [0.5, 0.6) is 11.5 Å². The van der Waals surface area contributed by atoms with Gasteiger partial charge in [0.25, 0.3) is 0 Å². The highest BCUT2D eigenvalue weighted by Gasteiger charge is 2.21. The summed E-state index contributed by atoms with van der Waals surface area (Å²) in [6, 6.07) is 4.83. The van der Waals surface area contributed by atoms with Crippen LogP contribution in [0.1, 0.15) is 6.92 Å². The Hall–Kier alpha value is -2.32. The van der Waals surface area contributed by atoms with Crippen molar-refractivity contribution in [2.24, 2.45) is 0 Å². The Morgan fingerprint density at radius 1 is 1.29 bits per heavy atom. The van der Waals surface area contributed by atoms with Crippen molar-refractivity contribution in [3.05, 3.63) is 18.2 Å². The summed E-state index contributed by atoms with van der Waals surface area (Å²) in [5.74, 6) is 0.912. The molecule has 1 aromatic carbocycles. The standard InChI is InChI=1S/C16H22N4O4/c1-11-9-17-4-5-20(11)10-15(21)19-16(22)18-12-2-3-13-14(8-12)24-7-6-23-13/h2-3,8,11,17H,4-7,9-10H2,1H3,(H2,18,19,21,22)/t11-/m1/s1. The number of hydrogen-bond acceptors (Lipinski definition) is 6. The number of carbonyl (C=O) groups is 2. The van der Waals surface area contributed by atoms with Gasteiger partial charge in [-0.15, -0.1) is 0 Å². The average molecular weight is 334 g/mol. The molecule has 3 N–H and O–H groups in total. The van der Waals surface area contributed by atoms with Gasteiger partial charge in [0.2, 0.25) is 5.91 Å². The number of benzene rings is 1. The first-order chi connectivity index (χ1) is 11.6. The molecule has 0 saturated carbocycles. The fraction of sp³-hybridized carbons (Fsp3) is 0.500. The van der Waals surface area contributed by atoms with E-state index in [2.05, 4.69) is 22.9 Å². The van der Waals surface area contributed by atoms with E-state index in [9.17, 15) is 9.59 Å². The van der Waals surface area contributed by atoms with E-state index in [1.165, 1.54) is 0 Å². The Morgan fingerprint density at radius 2 is 2.08 bits per heavy atom. The molecule has 0 unspecified atom stereocenters. The summed E-state index contributed by atoms with van der Waals surface area (Å²) in [6.45, 7) is 5.73. The summed E-state index contributed by atoms with van der Waals surface area (Å²) < 4.78 is 10.9. The van der Waals surface area contributed by atoms with Gasteiger partial charge in [-0.25, -0.2) is 4.79 Å². The maximum Gasteiger partial charge on any atom is 0.325 e. The highest BCUT2D eigenvalue weighted by molar-refractivity contribution is 6.01. The van der Waals surface area contributed by atoms with Crippen LogP contribution >= 0.6 is 0 Å². The van der Waals surface area contributed by atoms with E-state index < -0.39 is 6.03 Å². The molecular weight excluding hydrogens is 312 g/mol. The molecule has 8 heteroatoms. The number of imide groups is 1. The lowest BCUT2D eigenvalue weighted by atomic mass is 10.2. The van der Waals surface area contributed by atoms with Crippen molar-refractivity contribution in [1.29, 1.82) is 0 Å². The third-order valence-corrected chi connectivity index (χ3v) is 4.04. The maximum atomic E-state index is 12.0. The summed E-state index contributed by atoms with van der Waals surface area (Å²) in [5.41, 5.74) is 0.542.